The number of hydrogen-bond donors (Lipinski definition) is 1. The van der Waals surface area contributed by atoms with E-state index in [0.717, 1.165) is 11.1 Å². The summed E-state index contributed by atoms with van der Waals surface area (Å²) in [6.45, 7) is 9.92. The average molecular weight is 583 g/mol. The molecule has 0 aliphatic carbocycles. The van der Waals surface area contributed by atoms with Gasteiger partial charge in [-0.3, -0.25) is 9.59 Å². The van der Waals surface area contributed by atoms with Crippen LogP contribution in [0.15, 0.2) is 41.6 Å². The summed E-state index contributed by atoms with van der Waals surface area (Å²) in [5, 5.41) is 15.6. The first-order valence-electron chi connectivity index (χ1n) is 13.9. The van der Waals surface area contributed by atoms with Crippen molar-refractivity contribution < 1.29 is 23.8 Å². The van der Waals surface area contributed by atoms with Crippen molar-refractivity contribution in [3.63, 3.8) is 0 Å². The van der Waals surface area contributed by atoms with E-state index < -0.39 is 0 Å². The maximum atomic E-state index is 13.1. The van der Waals surface area contributed by atoms with Crippen molar-refractivity contribution in [2.45, 2.75) is 51.7 Å². The predicted molar refractivity (Wildman–Crippen MR) is 156 cm³/mol. The summed E-state index contributed by atoms with van der Waals surface area (Å²) in [6.07, 6.45) is 1.22. The maximum Gasteiger partial charge on any atom is 0.233 e. The van der Waals surface area contributed by atoms with Crippen molar-refractivity contribution in [2.75, 3.05) is 39.2 Å². The Labute approximate surface area is 244 Å². The van der Waals surface area contributed by atoms with Gasteiger partial charge in [0.05, 0.1) is 32.1 Å². The molecule has 1 aliphatic heterocycles. The zero-order chi connectivity index (χ0) is 29.4. The fraction of sp³-hybridized carbons (Fsp3) is 0.483. The van der Waals surface area contributed by atoms with Crippen LogP contribution in [-0.4, -0.2) is 76.1 Å². The quantitative estimate of drug-likeness (QED) is 0.316. The van der Waals surface area contributed by atoms with Crippen molar-refractivity contribution in [2.24, 2.45) is 5.92 Å². The second-order valence-corrected chi connectivity index (χ2v) is 10.7. The Balaban J connectivity index is 1.28. The SMILES string of the molecule is CCOc1ccc(C(C)NC(=O)C2CCN(C(=O)CSc3nnnn3-c3cc(C)ccc3OC)CC2)cc1OCC. The minimum atomic E-state index is -0.188. The van der Waals surface area contributed by atoms with E-state index in [2.05, 4.69) is 20.8 Å². The van der Waals surface area contributed by atoms with Crippen LogP contribution < -0.4 is 19.5 Å². The Morgan fingerprint density at radius 1 is 1.05 bits per heavy atom. The molecule has 1 atom stereocenters. The van der Waals surface area contributed by atoms with Crippen molar-refractivity contribution in [3.8, 4) is 22.9 Å². The molecule has 3 aromatic rings. The molecule has 1 unspecified atom stereocenters. The van der Waals surface area contributed by atoms with Gasteiger partial charge >= 0.3 is 0 Å². The van der Waals surface area contributed by atoms with Gasteiger partial charge in [-0.25, -0.2) is 0 Å². The monoisotopic (exact) mass is 582 g/mol. The van der Waals surface area contributed by atoms with Crippen LogP contribution in [0.3, 0.4) is 0 Å². The Morgan fingerprint density at radius 2 is 1.76 bits per heavy atom. The molecule has 1 saturated heterocycles. The second kappa shape index (κ2) is 14.2. The first kappa shape index (κ1) is 30.2. The van der Waals surface area contributed by atoms with E-state index in [9.17, 15) is 9.59 Å². The number of tetrazole rings is 1. The van der Waals surface area contributed by atoms with Gasteiger partial charge in [-0.1, -0.05) is 23.9 Å². The molecule has 2 heterocycles. The topological polar surface area (TPSA) is 121 Å². The number of nitrogens with zero attached hydrogens (tertiary/aromatic N) is 5. The number of rotatable bonds is 12. The average Bonchev–Trinajstić information content (AvgIpc) is 3.45. The molecule has 2 amide bonds. The van der Waals surface area contributed by atoms with E-state index in [-0.39, 0.29) is 29.5 Å². The van der Waals surface area contributed by atoms with E-state index in [1.54, 1.807) is 11.8 Å². The lowest BCUT2D eigenvalue weighted by molar-refractivity contribution is -0.133. The molecule has 0 radical (unpaired) electrons. The van der Waals surface area contributed by atoms with Gasteiger partial charge in [-0.2, -0.15) is 4.68 Å². The van der Waals surface area contributed by atoms with Crippen LogP contribution in [0.5, 0.6) is 17.2 Å². The molecule has 41 heavy (non-hydrogen) atoms. The smallest absolute Gasteiger partial charge is 0.233 e. The van der Waals surface area contributed by atoms with E-state index in [4.69, 9.17) is 14.2 Å². The van der Waals surface area contributed by atoms with Crippen molar-refractivity contribution in [3.05, 3.63) is 47.5 Å². The summed E-state index contributed by atoms with van der Waals surface area (Å²) >= 11 is 1.28. The standard InChI is InChI=1S/C29H38N6O5S/c1-6-39-25-11-9-22(17-26(25)40-7-2)20(4)30-28(37)21-12-14-34(15-13-21)27(36)18-41-29-31-32-33-35(29)23-16-19(3)8-10-24(23)38-5/h8-11,16-17,20-21H,6-7,12-15,18H2,1-5H3,(H,30,37). The minimum Gasteiger partial charge on any atom is -0.494 e. The fourth-order valence-electron chi connectivity index (χ4n) is 4.75. The Morgan fingerprint density at radius 3 is 2.46 bits per heavy atom. The summed E-state index contributed by atoms with van der Waals surface area (Å²) < 4.78 is 18.4. The van der Waals surface area contributed by atoms with Crippen LogP contribution in [-0.2, 0) is 9.59 Å². The highest BCUT2D eigenvalue weighted by atomic mass is 32.2. The van der Waals surface area contributed by atoms with E-state index in [1.807, 2.05) is 69.0 Å². The molecule has 12 heteroatoms. The first-order chi connectivity index (χ1) is 19.8. The molecule has 0 saturated carbocycles. The molecule has 0 spiro atoms. The van der Waals surface area contributed by atoms with Crippen molar-refractivity contribution >= 4 is 23.6 Å². The third kappa shape index (κ3) is 7.49. The molecular formula is C29H38N6O5S. The normalized spacial score (nSPS) is 14.4. The Hall–Kier alpha value is -3.80. The molecule has 220 valence electrons. The van der Waals surface area contributed by atoms with Crippen LogP contribution in [0.2, 0.25) is 0 Å². The molecular weight excluding hydrogens is 544 g/mol. The maximum absolute atomic E-state index is 13.1. The van der Waals surface area contributed by atoms with E-state index in [1.165, 1.54) is 11.8 Å². The summed E-state index contributed by atoms with van der Waals surface area (Å²) in [7, 11) is 1.60. The largest absolute Gasteiger partial charge is 0.494 e. The number of piperidine rings is 1. The summed E-state index contributed by atoms with van der Waals surface area (Å²) in [4.78, 5) is 27.9. The van der Waals surface area contributed by atoms with Gasteiger partial charge < -0.3 is 24.4 Å². The van der Waals surface area contributed by atoms with Crippen LogP contribution in [0, 0.1) is 12.8 Å². The lowest BCUT2D eigenvalue weighted by Crippen LogP contribution is -2.44. The van der Waals surface area contributed by atoms with Crippen LogP contribution in [0.1, 0.15) is 50.8 Å². The van der Waals surface area contributed by atoms with Gasteiger partial charge in [0.2, 0.25) is 17.0 Å². The van der Waals surface area contributed by atoms with Crippen LogP contribution >= 0.6 is 11.8 Å². The fourth-order valence-corrected chi connectivity index (χ4v) is 5.53. The number of nitrogens with one attached hydrogen (secondary N) is 1. The van der Waals surface area contributed by atoms with Gasteiger partial charge in [0.25, 0.3) is 0 Å². The second-order valence-electron chi connectivity index (χ2n) is 9.79. The van der Waals surface area contributed by atoms with Gasteiger partial charge in [0, 0.05) is 19.0 Å². The van der Waals surface area contributed by atoms with Crippen LogP contribution in [0.4, 0.5) is 0 Å². The van der Waals surface area contributed by atoms with Crippen LogP contribution in [0.25, 0.3) is 5.69 Å². The van der Waals surface area contributed by atoms with Gasteiger partial charge in [0.1, 0.15) is 11.4 Å². The molecule has 1 fully saturated rings. The number of amides is 2. The number of carbonyl (C=O) groups is 2. The number of methoxy groups -OCH3 is 1. The highest BCUT2D eigenvalue weighted by Crippen LogP contribution is 2.31. The van der Waals surface area contributed by atoms with Crippen molar-refractivity contribution in [1.82, 2.24) is 30.4 Å². The van der Waals surface area contributed by atoms with E-state index >= 15 is 0 Å². The lowest BCUT2D eigenvalue weighted by Gasteiger charge is -2.32. The van der Waals surface area contributed by atoms with Gasteiger partial charge in [-0.15, -0.1) is 5.10 Å². The molecule has 1 aromatic heterocycles. The minimum absolute atomic E-state index is 0.00269. The number of carbonyl (C=O) groups excluding carboxylic acids is 2. The molecule has 11 nitrogen and oxygen atoms in total. The van der Waals surface area contributed by atoms with Gasteiger partial charge in [0.15, 0.2) is 11.5 Å². The van der Waals surface area contributed by atoms with Crippen molar-refractivity contribution in [1.29, 1.82) is 0 Å². The van der Waals surface area contributed by atoms with Gasteiger partial charge in [-0.05, 0) is 86.4 Å². The predicted octanol–water partition coefficient (Wildman–Crippen LogP) is 3.98. The molecule has 1 N–H and O–H groups in total. The zero-order valence-corrected chi connectivity index (χ0v) is 25.1. The number of benzene rings is 2. The highest BCUT2D eigenvalue weighted by Gasteiger charge is 2.28. The summed E-state index contributed by atoms with van der Waals surface area (Å²) in [6, 6.07) is 11.3. The molecule has 1 aliphatic rings. The Bertz CT molecular complexity index is 1340. The van der Waals surface area contributed by atoms with E-state index in [0.29, 0.717) is 67.2 Å². The third-order valence-electron chi connectivity index (χ3n) is 6.97. The highest BCUT2D eigenvalue weighted by molar-refractivity contribution is 7.99. The molecule has 4 rings (SSSR count). The summed E-state index contributed by atoms with van der Waals surface area (Å²) in [5.74, 6) is 2.04. The Kier molecular flexibility index (Phi) is 10.4. The number of hydrogen-bond acceptors (Lipinski definition) is 9. The zero-order valence-electron chi connectivity index (χ0n) is 24.3. The number of ether oxygens (including phenoxy) is 3. The number of thioether (sulfide) groups is 1. The number of aryl methyl sites for hydroxylation is 1. The summed E-state index contributed by atoms with van der Waals surface area (Å²) in [5.41, 5.74) is 2.70. The first-order valence-corrected chi connectivity index (χ1v) is 14.9. The number of likely N-dealkylation sites (tertiary alicyclic amines) is 1. The molecule has 0 bridgehead atoms. The third-order valence-corrected chi connectivity index (χ3v) is 7.88. The lowest BCUT2D eigenvalue weighted by atomic mass is 9.95. The number of aromatic nitrogens is 4. The molecule has 2 aromatic carbocycles.